The zero-order valence-corrected chi connectivity index (χ0v) is 18.7. The van der Waals surface area contributed by atoms with E-state index >= 15 is 0 Å². The van der Waals surface area contributed by atoms with E-state index in [0.717, 1.165) is 61.1 Å². The highest BCUT2D eigenvalue weighted by atomic mass is 16.5. The van der Waals surface area contributed by atoms with Crippen LogP contribution in [-0.4, -0.2) is 39.6 Å². The number of hydrogen-bond donors (Lipinski definition) is 0. The lowest BCUT2D eigenvalue weighted by atomic mass is 9.91. The summed E-state index contributed by atoms with van der Waals surface area (Å²) in [5, 5.41) is 0. The summed E-state index contributed by atoms with van der Waals surface area (Å²) < 4.78 is 6.06. The second-order valence-corrected chi connectivity index (χ2v) is 9.03. The van der Waals surface area contributed by atoms with Crippen molar-refractivity contribution in [1.82, 2.24) is 19.9 Å². The van der Waals surface area contributed by atoms with E-state index in [2.05, 4.69) is 56.0 Å². The van der Waals surface area contributed by atoms with E-state index in [4.69, 9.17) is 4.74 Å². The Morgan fingerprint density at radius 3 is 2.41 bits per heavy atom. The Balaban J connectivity index is 1.03. The molecule has 5 rings (SSSR count). The van der Waals surface area contributed by atoms with Crippen LogP contribution in [0.5, 0.6) is 0 Å². The van der Waals surface area contributed by atoms with Gasteiger partial charge in [-0.05, 0) is 54.6 Å². The third kappa shape index (κ3) is 4.96. The van der Waals surface area contributed by atoms with Crippen molar-refractivity contribution in [2.24, 2.45) is 17.8 Å². The molecule has 2 fully saturated rings. The summed E-state index contributed by atoms with van der Waals surface area (Å²) in [5.41, 5.74) is 4.39. The van der Waals surface area contributed by atoms with E-state index in [0.29, 0.717) is 6.61 Å². The van der Waals surface area contributed by atoms with Gasteiger partial charge in [-0.3, -0.25) is 9.97 Å². The molecule has 2 aliphatic rings. The molecule has 1 aliphatic carbocycles. The van der Waals surface area contributed by atoms with Crippen LogP contribution in [0.15, 0.2) is 55.2 Å². The monoisotopic (exact) mass is 429 g/mol. The quantitative estimate of drug-likeness (QED) is 0.523. The van der Waals surface area contributed by atoms with Crippen molar-refractivity contribution in [2.75, 3.05) is 24.6 Å². The summed E-state index contributed by atoms with van der Waals surface area (Å²) in [6.45, 7) is 5.82. The number of piperidine rings is 1. The Kier molecular flexibility index (Phi) is 6.39. The molecule has 0 N–H and O–H groups in total. The van der Waals surface area contributed by atoms with Crippen molar-refractivity contribution >= 4 is 5.95 Å². The van der Waals surface area contributed by atoms with E-state index in [1.807, 2.05) is 12.4 Å². The highest BCUT2D eigenvalue weighted by Crippen LogP contribution is 2.48. The first-order valence-corrected chi connectivity index (χ1v) is 11.8. The normalized spacial score (nSPS) is 21.0. The van der Waals surface area contributed by atoms with Gasteiger partial charge >= 0.3 is 0 Å². The fourth-order valence-corrected chi connectivity index (χ4v) is 4.81. The lowest BCUT2D eigenvalue weighted by molar-refractivity contribution is 0.104. The van der Waals surface area contributed by atoms with Gasteiger partial charge in [-0.2, -0.15) is 0 Å². The summed E-state index contributed by atoms with van der Waals surface area (Å²) in [6.07, 6.45) is 13.9. The van der Waals surface area contributed by atoms with Gasteiger partial charge in [0.05, 0.1) is 25.1 Å². The average molecular weight is 430 g/mol. The number of anilines is 1. The molecule has 3 heterocycles. The molecule has 0 bridgehead atoms. The van der Waals surface area contributed by atoms with E-state index < -0.39 is 0 Å². The third-order valence-electron chi connectivity index (χ3n) is 6.92. The van der Waals surface area contributed by atoms with Crippen molar-refractivity contribution in [3.05, 3.63) is 66.4 Å². The molecule has 32 heavy (non-hydrogen) atoms. The van der Waals surface area contributed by atoms with E-state index in [1.54, 1.807) is 18.6 Å². The van der Waals surface area contributed by atoms with Crippen molar-refractivity contribution in [2.45, 2.75) is 39.2 Å². The molecular formula is C26H31N5O. The number of aromatic nitrogens is 4. The molecule has 6 heteroatoms. The summed E-state index contributed by atoms with van der Waals surface area (Å²) in [6, 6.07) is 8.43. The smallest absolute Gasteiger partial charge is 0.225 e. The van der Waals surface area contributed by atoms with Crippen LogP contribution in [-0.2, 0) is 17.8 Å². The van der Waals surface area contributed by atoms with Crippen LogP contribution in [0, 0.1) is 17.8 Å². The van der Waals surface area contributed by atoms with Gasteiger partial charge in [-0.25, -0.2) is 9.97 Å². The van der Waals surface area contributed by atoms with Gasteiger partial charge in [-0.15, -0.1) is 0 Å². The maximum atomic E-state index is 6.06. The zero-order chi connectivity index (χ0) is 21.8. The first-order valence-electron chi connectivity index (χ1n) is 11.8. The van der Waals surface area contributed by atoms with Crippen molar-refractivity contribution in [1.29, 1.82) is 0 Å². The molecule has 2 aromatic heterocycles. The molecule has 2 atom stereocenters. The fraction of sp³-hybridized carbons (Fsp3) is 0.462. The largest absolute Gasteiger partial charge is 0.376 e. The summed E-state index contributed by atoms with van der Waals surface area (Å²) in [5.74, 6) is 3.27. The Morgan fingerprint density at radius 2 is 1.72 bits per heavy atom. The number of aryl methyl sites for hydroxylation is 1. The zero-order valence-electron chi connectivity index (χ0n) is 18.7. The molecule has 1 saturated heterocycles. The molecule has 0 radical (unpaired) electrons. The molecular weight excluding hydrogens is 398 g/mol. The van der Waals surface area contributed by atoms with Crippen molar-refractivity contribution in [3.63, 3.8) is 0 Å². The number of nitrogens with zero attached hydrogens (tertiary/aromatic N) is 5. The Hall–Kier alpha value is -2.86. The molecule has 1 aliphatic heterocycles. The van der Waals surface area contributed by atoms with Crippen LogP contribution in [0.3, 0.4) is 0 Å². The fourth-order valence-electron chi connectivity index (χ4n) is 4.81. The maximum absolute atomic E-state index is 6.06. The predicted octanol–water partition coefficient (Wildman–Crippen LogP) is 4.57. The van der Waals surface area contributed by atoms with E-state index in [1.165, 1.54) is 30.4 Å². The van der Waals surface area contributed by atoms with E-state index in [-0.39, 0.29) is 0 Å². The predicted molar refractivity (Wildman–Crippen MR) is 125 cm³/mol. The minimum Gasteiger partial charge on any atom is -0.376 e. The first-order chi connectivity index (χ1) is 15.8. The van der Waals surface area contributed by atoms with Crippen LogP contribution in [0.25, 0.3) is 11.3 Å². The number of hydrogen-bond acceptors (Lipinski definition) is 6. The van der Waals surface area contributed by atoms with Gasteiger partial charge in [0, 0.05) is 43.4 Å². The number of ether oxygens (including phenoxy) is 1. The minimum absolute atomic E-state index is 0.674. The lowest BCUT2D eigenvalue weighted by Crippen LogP contribution is -2.35. The molecule has 0 spiro atoms. The average Bonchev–Trinajstić information content (AvgIpc) is 3.65. The molecule has 166 valence electrons. The van der Waals surface area contributed by atoms with Crippen molar-refractivity contribution < 1.29 is 4.74 Å². The summed E-state index contributed by atoms with van der Waals surface area (Å²) in [4.78, 5) is 19.9. The second-order valence-electron chi connectivity index (χ2n) is 9.03. The number of rotatable bonds is 8. The molecule has 1 aromatic carbocycles. The second kappa shape index (κ2) is 9.74. The van der Waals surface area contributed by atoms with Gasteiger partial charge in [-0.1, -0.05) is 31.2 Å². The molecule has 0 amide bonds. The Bertz CT molecular complexity index is 985. The summed E-state index contributed by atoms with van der Waals surface area (Å²) >= 11 is 0. The Morgan fingerprint density at radius 1 is 0.938 bits per heavy atom. The standard InChI is InChI=1S/C26H31N5O/c1-2-19-14-29-26(30-15-19)31-11-7-21(8-12-31)24-13-23(24)18-32-17-20-3-5-22(6-4-20)25-16-27-9-10-28-25/h3-6,9-10,14-16,21,23-24H,2,7-8,11-13,17-18H2,1H3/t23-,24+/m0/s1. The van der Waals surface area contributed by atoms with Crippen LogP contribution < -0.4 is 4.90 Å². The van der Waals surface area contributed by atoms with Crippen LogP contribution in [0.1, 0.15) is 37.3 Å². The minimum atomic E-state index is 0.674. The van der Waals surface area contributed by atoms with Gasteiger partial charge < -0.3 is 9.64 Å². The molecule has 0 unspecified atom stereocenters. The SMILES string of the molecule is CCc1cnc(N2CCC([C@H]3C[C@H]3COCc3ccc(-c4cnccn4)cc3)CC2)nc1. The topological polar surface area (TPSA) is 64.0 Å². The molecule has 6 nitrogen and oxygen atoms in total. The van der Waals surface area contributed by atoms with E-state index in [9.17, 15) is 0 Å². The van der Waals surface area contributed by atoms with Gasteiger partial charge in [0.25, 0.3) is 0 Å². The maximum Gasteiger partial charge on any atom is 0.225 e. The molecule has 3 aromatic rings. The molecule has 1 saturated carbocycles. The summed E-state index contributed by atoms with van der Waals surface area (Å²) in [7, 11) is 0. The highest BCUT2D eigenvalue weighted by Gasteiger charge is 2.43. The Labute approximate surface area is 190 Å². The van der Waals surface area contributed by atoms with Crippen molar-refractivity contribution in [3.8, 4) is 11.3 Å². The first kappa shape index (κ1) is 21.0. The highest BCUT2D eigenvalue weighted by molar-refractivity contribution is 5.58. The number of benzene rings is 1. The van der Waals surface area contributed by atoms with Crippen LogP contribution >= 0.6 is 0 Å². The third-order valence-corrected chi connectivity index (χ3v) is 6.92. The van der Waals surface area contributed by atoms with Gasteiger partial charge in [0.2, 0.25) is 5.95 Å². The van der Waals surface area contributed by atoms with Crippen LogP contribution in [0.4, 0.5) is 5.95 Å². The lowest BCUT2D eigenvalue weighted by Gasteiger charge is -2.32. The van der Waals surface area contributed by atoms with Crippen LogP contribution in [0.2, 0.25) is 0 Å². The van der Waals surface area contributed by atoms with Gasteiger partial charge in [0.15, 0.2) is 0 Å². The van der Waals surface area contributed by atoms with Gasteiger partial charge in [0.1, 0.15) is 0 Å².